The summed E-state index contributed by atoms with van der Waals surface area (Å²) in [5.74, 6) is 0.968. The molecule has 2 aromatic carbocycles. The highest BCUT2D eigenvalue weighted by Crippen LogP contribution is 2.39. The van der Waals surface area contributed by atoms with Crippen LogP contribution in [0.4, 0.5) is 17.5 Å². The molecule has 1 aromatic heterocycles. The van der Waals surface area contributed by atoms with Crippen molar-refractivity contribution in [2.45, 2.75) is 44.3 Å². The second kappa shape index (κ2) is 12.7. The summed E-state index contributed by atoms with van der Waals surface area (Å²) < 4.78 is 32.0. The van der Waals surface area contributed by atoms with Gasteiger partial charge in [-0.2, -0.15) is 9.29 Å². The molecule has 1 amide bonds. The summed E-state index contributed by atoms with van der Waals surface area (Å²) in [6, 6.07) is 10.7. The number of nitrogens with one attached hydrogen (secondary N) is 3. The molecule has 11 nitrogen and oxygen atoms in total. The number of methoxy groups -OCH3 is 1. The Bertz CT molecular complexity index is 1610. The number of aryl methyl sites for hydroxylation is 1. The average Bonchev–Trinajstić information content (AvgIpc) is 3.32. The first-order valence-electron chi connectivity index (χ1n) is 14.2. The number of sulfonamides is 1. The lowest BCUT2D eigenvalue weighted by atomic mass is 10.0. The third-order valence-electron chi connectivity index (χ3n) is 8.27. The predicted molar refractivity (Wildman–Crippen MR) is 169 cm³/mol. The van der Waals surface area contributed by atoms with Crippen molar-refractivity contribution in [2.24, 2.45) is 0 Å². The van der Waals surface area contributed by atoms with Crippen LogP contribution in [0.2, 0.25) is 5.02 Å². The summed E-state index contributed by atoms with van der Waals surface area (Å²) >= 11 is 6.51. The Morgan fingerprint density at radius 2 is 1.91 bits per heavy atom. The normalized spacial score (nSPS) is 19.2. The van der Waals surface area contributed by atoms with E-state index in [0.717, 1.165) is 42.6 Å². The van der Waals surface area contributed by atoms with Crippen molar-refractivity contribution in [3.8, 4) is 5.75 Å². The Morgan fingerprint density at radius 1 is 1.19 bits per heavy atom. The number of hydrogen-bond acceptors (Lipinski definition) is 9. The van der Waals surface area contributed by atoms with E-state index in [1.807, 2.05) is 37.3 Å². The van der Waals surface area contributed by atoms with Crippen LogP contribution in [-0.2, 0) is 16.4 Å². The highest BCUT2D eigenvalue weighted by Gasteiger charge is 2.39. The lowest BCUT2D eigenvalue weighted by Crippen LogP contribution is -2.43. The highest BCUT2D eigenvalue weighted by molar-refractivity contribution is 7.88. The molecule has 13 heteroatoms. The van der Waals surface area contributed by atoms with Crippen molar-refractivity contribution >= 4 is 45.0 Å². The number of carbonyl (C=O) groups is 1. The number of aromatic nitrogens is 2. The summed E-state index contributed by atoms with van der Waals surface area (Å²) in [7, 11) is 1.74. The second-order valence-electron chi connectivity index (χ2n) is 11.3. The minimum atomic E-state index is -3.47. The molecule has 3 N–H and O–H groups in total. The van der Waals surface area contributed by atoms with Crippen LogP contribution in [0.5, 0.6) is 5.75 Å². The molecule has 1 fully saturated rings. The van der Waals surface area contributed by atoms with E-state index >= 15 is 0 Å². The van der Waals surface area contributed by atoms with Crippen LogP contribution in [0.3, 0.4) is 0 Å². The number of rotatable bonds is 9. The van der Waals surface area contributed by atoms with E-state index in [1.54, 1.807) is 20.2 Å². The van der Waals surface area contributed by atoms with Gasteiger partial charge in [-0.25, -0.2) is 13.4 Å². The van der Waals surface area contributed by atoms with Crippen LogP contribution >= 0.6 is 11.6 Å². The molecule has 0 bridgehead atoms. The van der Waals surface area contributed by atoms with E-state index in [2.05, 4.69) is 37.9 Å². The monoisotopic (exact) mass is 627 g/mol. The number of piperidine rings is 1. The maximum atomic E-state index is 13.1. The van der Waals surface area contributed by atoms with Gasteiger partial charge in [0.2, 0.25) is 16.0 Å². The Morgan fingerprint density at radius 3 is 2.60 bits per heavy atom. The van der Waals surface area contributed by atoms with Crippen molar-refractivity contribution in [1.82, 2.24) is 24.5 Å². The lowest BCUT2D eigenvalue weighted by molar-refractivity contribution is 0.0916. The number of amides is 1. The van der Waals surface area contributed by atoms with Gasteiger partial charge >= 0.3 is 0 Å². The van der Waals surface area contributed by atoms with Crippen molar-refractivity contribution in [3.63, 3.8) is 0 Å². The first kappa shape index (κ1) is 31.0. The van der Waals surface area contributed by atoms with Crippen molar-refractivity contribution in [1.29, 1.82) is 0 Å². The molecule has 1 aliphatic heterocycles. The van der Waals surface area contributed by atoms with E-state index in [0.29, 0.717) is 34.3 Å². The topological polar surface area (TPSA) is 129 Å². The van der Waals surface area contributed by atoms with Gasteiger partial charge in [0.1, 0.15) is 10.8 Å². The van der Waals surface area contributed by atoms with Gasteiger partial charge in [-0.05, 0) is 75.1 Å². The predicted octanol–water partition coefficient (Wildman–Crippen LogP) is 3.98. The number of ether oxygens (including phenoxy) is 1. The molecule has 0 radical (unpaired) electrons. The highest BCUT2D eigenvalue weighted by atomic mass is 35.5. The van der Waals surface area contributed by atoms with Crippen LogP contribution in [-0.4, -0.2) is 86.1 Å². The van der Waals surface area contributed by atoms with E-state index in [4.69, 9.17) is 16.3 Å². The molecule has 2 unspecified atom stereocenters. The van der Waals surface area contributed by atoms with Gasteiger partial charge < -0.3 is 25.6 Å². The third-order valence-corrected chi connectivity index (χ3v) is 9.82. The van der Waals surface area contributed by atoms with Crippen LogP contribution in [0.25, 0.3) is 0 Å². The summed E-state index contributed by atoms with van der Waals surface area (Å²) in [5.41, 5.74) is 3.91. The average molecular weight is 628 g/mol. The van der Waals surface area contributed by atoms with Gasteiger partial charge in [0.15, 0.2) is 5.82 Å². The zero-order valence-electron chi connectivity index (χ0n) is 25.0. The molecular weight excluding hydrogens is 590 g/mol. The van der Waals surface area contributed by atoms with Gasteiger partial charge in [-0.15, -0.1) is 0 Å². The van der Waals surface area contributed by atoms with E-state index in [-0.39, 0.29) is 23.9 Å². The molecule has 2 heterocycles. The standard InChI is InChI=1S/C30H38ClN7O4S/c1-18-14-24(26(42-4)16-22(18)29(39)33-20-10-12-37(2)13-11-20)35-30-32-17-23(31)28(36-30)34-25-15-19-8-6-7-9-21(19)27(25)38(3)43(5,40)41/h6-9,14,16-17,20,25,27H,10-13,15H2,1-5H3,(H,33,39)(H2,32,34,35,36). The zero-order valence-corrected chi connectivity index (χ0v) is 26.6. The van der Waals surface area contributed by atoms with Crippen LogP contribution in [0, 0.1) is 6.92 Å². The summed E-state index contributed by atoms with van der Waals surface area (Å²) in [6.07, 6.45) is 5.11. The first-order chi connectivity index (χ1) is 20.4. The fourth-order valence-electron chi connectivity index (χ4n) is 5.80. The number of nitrogens with zero attached hydrogens (tertiary/aromatic N) is 4. The lowest BCUT2D eigenvalue weighted by Gasteiger charge is -2.29. The quantitative estimate of drug-likeness (QED) is 0.323. The Hall–Kier alpha value is -3.45. The number of likely N-dealkylation sites (tertiary alicyclic amines) is 1. The smallest absolute Gasteiger partial charge is 0.251 e. The van der Waals surface area contributed by atoms with Crippen LogP contribution < -0.4 is 20.7 Å². The Kier molecular flexibility index (Phi) is 9.12. The number of benzene rings is 2. The van der Waals surface area contributed by atoms with Gasteiger partial charge in [0, 0.05) is 18.7 Å². The number of hydrogen-bond donors (Lipinski definition) is 3. The van der Waals surface area contributed by atoms with E-state index in [1.165, 1.54) is 16.8 Å². The Labute approximate surface area is 258 Å². The zero-order chi connectivity index (χ0) is 30.9. The third kappa shape index (κ3) is 6.87. The minimum Gasteiger partial charge on any atom is -0.495 e. The number of likely N-dealkylation sites (N-methyl/N-ethyl adjacent to an activating group) is 1. The van der Waals surface area contributed by atoms with Crippen molar-refractivity contribution in [2.75, 3.05) is 51.2 Å². The SMILES string of the molecule is COc1cc(C(=O)NC2CCN(C)CC2)c(C)cc1Nc1ncc(Cl)c(NC2Cc3ccccc3C2N(C)S(C)(=O)=O)n1. The summed E-state index contributed by atoms with van der Waals surface area (Å²) in [4.78, 5) is 24.4. The molecule has 0 saturated carbocycles. The second-order valence-corrected chi connectivity index (χ2v) is 13.8. The van der Waals surface area contributed by atoms with Gasteiger partial charge in [0.25, 0.3) is 5.91 Å². The fourth-order valence-corrected chi connectivity index (χ4v) is 6.62. The first-order valence-corrected chi connectivity index (χ1v) is 16.4. The molecule has 2 atom stereocenters. The molecule has 1 saturated heterocycles. The largest absolute Gasteiger partial charge is 0.495 e. The van der Waals surface area contributed by atoms with Crippen molar-refractivity contribution < 1.29 is 17.9 Å². The molecule has 43 heavy (non-hydrogen) atoms. The number of anilines is 3. The Balaban J connectivity index is 1.36. The van der Waals surface area contributed by atoms with E-state index in [9.17, 15) is 13.2 Å². The van der Waals surface area contributed by atoms with Gasteiger partial charge in [-0.1, -0.05) is 35.9 Å². The molecule has 2 aliphatic rings. The van der Waals surface area contributed by atoms with E-state index < -0.39 is 16.1 Å². The van der Waals surface area contributed by atoms with Crippen LogP contribution in [0.1, 0.15) is 45.9 Å². The molecule has 3 aromatic rings. The minimum absolute atomic E-state index is 0.127. The molecule has 0 spiro atoms. The summed E-state index contributed by atoms with van der Waals surface area (Å²) in [5, 5.41) is 10.0. The number of fused-ring (bicyclic) bond motifs is 1. The molecular formula is C30H38ClN7O4S. The summed E-state index contributed by atoms with van der Waals surface area (Å²) in [6.45, 7) is 3.79. The maximum Gasteiger partial charge on any atom is 0.251 e. The fraction of sp³-hybridized carbons (Fsp3) is 0.433. The molecule has 230 valence electrons. The maximum absolute atomic E-state index is 13.1. The van der Waals surface area contributed by atoms with Crippen molar-refractivity contribution in [3.05, 3.63) is 69.9 Å². The van der Waals surface area contributed by atoms with Gasteiger partial charge in [0.05, 0.1) is 37.3 Å². The molecule has 1 aliphatic carbocycles. The number of carbonyl (C=O) groups excluding carboxylic acids is 1. The number of halogens is 1. The molecule has 5 rings (SSSR count). The van der Waals surface area contributed by atoms with Crippen LogP contribution in [0.15, 0.2) is 42.6 Å². The van der Waals surface area contributed by atoms with Gasteiger partial charge in [-0.3, -0.25) is 4.79 Å².